The maximum atomic E-state index is 13.4. The lowest BCUT2D eigenvalue weighted by atomic mass is 10.00. The fraction of sp³-hybridized carbons (Fsp3) is 0.423. The summed E-state index contributed by atoms with van der Waals surface area (Å²) in [4.78, 5) is 40.8. The number of hydrogen-bond acceptors (Lipinski definition) is 5. The van der Waals surface area contributed by atoms with Gasteiger partial charge in [0.15, 0.2) is 0 Å². The van der Waals surface area contributed by atoms with Gasteiger partial charge in [0.25, 0.3) is 5.91 Å². The topological polar surface area (TPSA) is 93.2 Å². The molecule has 1 atom stereocenters. The third kappa shape index (κ3) is 9.41. The Kier molecular flexibility index (Phi) is 10.9. The van der Waals surface area contributed by atoms with Crippen LogP contribution in [0.15, 0.2) is 54.6 Å². The van der Waals surface area contributed by atoms with Crippen molar-refractivity contribution in [2.75, 3.05) is 58.3 Å². The Hall–Kier alpha value is -3.60. The highest BCUT2D eigenvalue weighted by atomic mass is 19.4. The van der Waals surface area contributed by atoms with Crippen molar-refractivity contribution < 1.29 is 32.7 Å². The number of aliphatic carboxylic acids is 1. The van der Waals surface area contributed by atoms with Crippen molar-refractivity contribution in [2.24, 2.45) is 0 Å². The molecule has 0 bridgehead atoms. The molecule has 37 heavy (non-hydrogen) atoms. The SMILES string of the molecule is CC(CN(CC(=O)N1CCNCC1)C(=O)c1cccc(N(C)C)c1)c1ccccc1.O=C(O)C(F)(F)F. The van der Waals surface area contributed by atoms with Crippen LogP contribution < -0.4 is 10.2 Å². The van der Waals surface area contributed by atoms with Gasteiger partial charge in [-0.2, -0.15) is 13.2 Å². The van der Waals surface area contributed by atoms with Gasteiger partial charge >= 0.3 is 12.1 Å². The normalized spacial score (nSPS) is 14.2. The molecule has 1 heterocycles. The first-order chi connectivity index (χ1) is 17.4. The summed E-state index contributed by atoms with van der Waals surface area (Å²) in [7, 11) is 3.90. The molecule has 0 spiro atoms. The maximum Gasteiger partial charge on any atom is 0.490 e. The smallest absolute Gasteiger partial charge is 0.475 e. The van der Waals surface area contributed by atoms with E-state index in [1.54, 1.807) is 4.90 Å². The number of benzene rings is 2. The second kappa shape index (κ2) is 13.6. The summed E-state index contributed by atoms with van der Waals surface area (Å²) in [6.07, 6.45) is -5.08. The number of nitrogens with zero attached hydrogens (tertiary/aromatic N) is 3. The van der Waals surface area contributed by atoms with Gasteiger partial charge in [-0.15, -0.1) is 0 Å². The largest absolute Gasteiger partial charge is 0.490 e. The van der Waals surface area contributed by atoms with E-state index in [4.69, 9.17) is 9.90 Å². The number of rotatable bonds is 7. The number of hydrogen-bond donors (Lipinski definition) is 2. The quantitative estimate of drug-likeness (QED) is 0.581. The summed E-state index contributed by atoms with van der Waals surface area (Å²) in [5.74, 6) is -2.73. The second-order valence-corrected chi connectivity index (χ2v) is 8.88. The molecule has 202 valence electrons. The Morgan fingerprint density at radius 2 is 1.62 bits per heavy atom. The van der Waals surface area contributed by atoms with Crippen molar-refractivity contribution in [2.45, 2.75) is 19.0 Å². The number of piperazine rings is 1. The van der Waals surface area contributed by atoms with Crippen LogP contribution in [0.2, 0.25) is 0 Å². The molecule has 11 heteroatoms. The van der Waals surface area contributed by atoms with Crippen LogP contribution in [-0.4, -0.2) is 92.2 Å². The van der Waals surface area contributed by atoms with Gasteiger partial charge < -0.3 is 25.1 Å². The van der Waals surface area contributed by atoms with Crippen LogP contribution >= 0.6 is 0 Å². The zero-order valence-electron chi connectivity index (χ0n) is 21.2. The van der Waals surface area contributed by atoms with Crippen molar-refractivity contribution in [3.8, 4) is 0 Å². The third-order valence-electron chi connectivity index (χ3n) is 5.80. The number of halogens is 3. The van der Waals surface area contributed by atoms with E-state index in [0.29, 0.717) is 25.2 Å². The molecule has 1 fully saturated rings. The molecule has 1 aliphatic rings. The lowest BCUT2D eigenvalue weighted by Crippen LogP contribution is -2.50. The number of carboxylic acids is 1. The molecule has 8 nitrogen and oxygen atoms in total. The molecule has 1 unspecified atom stereocenters. The van der Waals surface area contributed by atoms with Gasteiger partial charge in [0.1, 0.15) is 6.54 Å². The fourth-order valence-corrected chi connectivity index (χ4v) is 3.71. The van der Waals surface area contributed by atoms with Crippen molar-refractivity contribution in [1.29, 1.82) is 0 Å². The second-order valence-electron chi connectivity index (χ2n) is 8.88. The highest BCUT2D eigenvalue weighted by molar-refractivity contribution is 5.97. The molecule has 0 radical (unpaired) electrons. The summed E-state index contributed by atoms with van der Waals surface area (Å²) >= 11 is 0. The van der Waals surface area contributed by atoms with Gasteiger partial charge in [0.2, 0.25) is 5.91 Å². The van der Waals surface area contributed by atoms with E-state index < -0.39 is 12.1 Å². The Bertz CT molecular complexity index is 1040. The summed E-state index contributed by atoms with van der Waals surface area (Å²) < 4.78 is 31.7. The number of anilines is 1. The molecule has 1 aliphatic heterocycles. The van der Waals surface area contributed by atoms with Crippen LogP contribution in [0.5, 0.6) is 0 Å². The maximum absolute atomic E-state index is 13.4. The van der Waals surface area contributed by atoms with Crippen molar-refractivity contribution in [1.82, 2.24) is 15.1 Å². The molecule has 0 aliphatic carbocycles. The van der Waals surface area contributed by atoms with Gasteiger partial charge in [-0.05, 0) is 29.7 Å². The molecule has 2 amide bonds. The molecule has 2 aromatic carbocycles. The number of alkyl halides is 3. The monoisotopic (exact) mass is 522 g/mol. The Morgan fingerprint density at radius 1 is 1.03 bits per heavy atom. The fourth-order valence-electron chi connectivity index (χ4n) is 3.71. The predicted molar refractivity (Wildman–Crippen MR) is 135 cm³/mol. The van der Waals surface area contributed by atoms with Crippen LogP contribution in [0, 0.1) is 0 Å². The summed E-state index contributed by atoms with van der Waals surface area (Å²) in [6, 6.07) is 17.7. The minimum absolute atomic E-state index is 0.00822. The highest BCUT2D eigenvalue weighted by Gasteiger charge is 2.38. The van der Waals surface area contributed by atoms with Gasteiger partial charge in [-0.1, -0.05) is 43.3 Å². The van der Waals surface area contributed by atoms with Gasteiger partial charge in [0.05, 0.1) is 0 Å². The molecule has 3 rings (SSSR count). The lowest BCUT2D eigenvalue weighted by Gasteiger charge is -2.31. The van der Waals surface area contributed by atoms with E-state index in [9.17, 15) is 22.8 Å². The molecule has 2 N–H and O–H groups in total. The summed E-state index contributed by atoms with van der Waals surface area (Å²) in [5.41, 5.74) is 2.73. The number of amides is 2. The molecule has 1 saturated heterocycles. The Balaban J connectivity index is 0.000000604. The van der Waals surface area contributed by atoms with Gasteiger partial charge in [-0.25, -0.2) is 4.79 Å². The first kappa shape index (κ1) is 29.6. The number of nitrogens with one attached hydrogen (secondary N) is 1. The molecular weight excluding hydrogens is 489 g/mol. The van der Waals surface area contributed by atoms with Crippen LogP contribution in [0.4, 0.5) is 18.9 Å². The van der Waals surface area contributed by atoms with E-state index in [1.165, 1.54) is 0 Å². The zero-order valence-corrected chi connectivity index (χ0v) is 21.2. The van der Waals surface area contributed by atoms with E-state index in [0.717, 1.165) is 24.3 Å². The summed E-state index contributed by atoms with van der Waals surface area (Å²) in [5, 5.41) is 10.4. The highest BCUT2D eigenvalue weighted by Crippen LogP contribution is 2.20. The van der Waals surface area contributed by atoms with Crippen molar-refractivity contribution in [3.63, 3.8) is 0 Å². The average molecular weight is 523 g/mol. The van der Waals surface area contributed by atoms with Crippen molar-refractivity contribution in [3.05, 3.63) is 65.7 Å². The van der Waals surface area contributed by atoms with Crippen molar-refractivity contribution >= 4 is 23.5 Å². The van der Waals surface area contributed by atoms with Crippen LogP contribution in [-0.2, 0) is 9.59 Å². The number of carboxylic acid groups (broad SMARTS) is 1. The van der Waals surface area contributed by atoms with Crippen LogP contribution in [0.3, 0.4) is 0 Å². The minimum atomic E-state index is -5.08. The Labute approximate surface area is 214 Å². The zero-order chi connectivity index (χ0) is 27.6. The van der Waals surface area contributed by atoms with Gasteiger partial charge in [0, 0.05) is 58.1 Å². The molecule has 2 aromatic rings. The Morgan fingerprint density at radius 3 is 2.16 bits per heavy atom. The average Bonchev–Trinajstić information content (AvgIpc) is 2.88. The van der Waals surface area contributed by atoms with Crippen LogP contribution in [0.1, 0.15) is 28.8 Å². The predicted octanol–water partition coefficient (Wildman–Crippen LogP) is 3.06. The van der Waals surface area contributed by atoms with E-state index in [-0.39, 0.29) is 24.3 Å². The number of carbonyl (C=O) groups is 3. The lowest BCUT2D eigenvalue weighted by molar-refractivity contribution is -0.192. The third-order valence-corrected chi connectivity index (χ3v) is 5.80. The first-order valence-electron chi connectivity index (χ1n) is 11.8. The van der Waals surface area contributed by atoms with Gasteiger partial charge in [-0.3, -0.25) is 9.59 Å². The van der Waals surface area contributed by atoms with E-state index in [2.05, 4.69) is 24.4 Å². The molecule has 0 saturated carbocycles. The van der Waals surface area contributed by atoms with Crippen LogP contribution in [0.25, 0.3) is 0 Å². The van der Waals surface area contributed by atoms with E-state index >= 15 is 0 Å². The minimum Gasteiger partial charge on any atom is -0.475 e. The summed E-state index contributed by atoms with van der Waals surface area (Å²) in [6.45, 7) is 5.66. The molecule has 0 aromatic heterocycles. The van der Waals surface area contributed by atoms with E-state index in [1.807, 2.05) is 66.4 Å². The molecular formula is C26H33F3N4O4. The standard InChI is InChI=1S/C24H32N4O2.C2HF3O2/c1-19(20-8-5-4-6-9-20)17-28(18-23(29)27-14-12-25-13-15-27)24(30)21-10-7-11-22(16-21)26(2)3;3-2(4,5)1(6)7/h4-11,16,19,25H,12-15,17-18H2,1-3H3;(H,6,7). The number of carbonyl (C=O) groups excluding carboxylic acids is 2. The first-order valence-corrected chi connectivity index (χ1v) is 11.8.